The molecule has 7 aromatic rings. The number of hydrogen-bond acceptors (Lipinski definition) is 3. The van der Waals surface area contributed by atoms with Gasteiger partial charge in [0.05, 0.1) is 22.1 Å². The molecule has 0 radical (unpaired) electrons. The summed E-state index contributed by atoms with van der Waals surface area (Å²) in [6.45, 7) is 4.10. The second kappa shape index (κ2) is 10.9. The molecule has 0 saturated heterocycles. The average molecular weight is 554 g/mol. The Kier molecular flexibility index (Phi) is 6.62. The van der Waals surface area contributed by atoms with Gasteiger partial charge in [-0.2, -0.15) is 0 Å². The highest BCUT2D eigenvalue weighted by atomic mass is 16.1. The van der Waals surface area contributed by atoms with Crippen molar-refractivity contribution in [3.63, 3.8) is 0 Å². The molecule has 0 aliphatic rings. The lowest BCUT2D eigenvalue weighted by Crippen LogP contribution is -2.23. The normalized spacial score (nSPS) is 11.3. The van der Waals surface area contributed by atoms with E-state index in [1.54, 1.807) is 10.8 Å². The van der Waals surface area contributed by atoms with Crippen LogP contribution in [-0.2, 0) is 0 Å². The van der Waals surface area contributed by atoms with Crippen molar-refractivity contribution >= 4 is 44.7 Å². The van der Waals surface area contributed by atoms with Crippen LogP contribution in [0.2, 0.25) is 0 Å². The van der Waals surface area contributed by atoms with E-state index in [-0.39, 0.29) is 5.56 Å². The van der Waals surface area contributed by atoms with Crippen LogP contribution in [0.25, 0.3) is 50.4 Å². The highest BCUT2D eigenvalue weighted by molar-refractivity contribution is 5.85. The van der Waals surface area contributed by atoms with Gasteiger partial charge in [-0.1, -0.05) is 72.0 Å². The fourth-order valence-corrected chi connectivity index (χ4v) is 5.43. The molecule has 0 fully saturated rings. The van der Waals surface area contributed by atoms with Gasteiger partial charge in [0.25, 0.3) is 5.56 Å². The summed E-state index contributed by atoms with van der Waals surface area (Å²) in [5, 5.41) is 4.02. The molecule has 0 aliphatic heterocycles. The molecule has 0 unspecified atom stereocenters. The Hall–Kier alpha value is -5.79. The highest BCUT2D eigenvalue weighted by Gasteiger charge is 2.13. The van der Waals surface area contributed by atoms with E-state index in [0.717, 1.165) is 38.8 Å². The molecule has 0 bridgehead atoms. The maximum Gasteiger partial charge on any atom is 0.266 e. The van der Waals surface area contributed by atoms with E-state index < -0.39 is 0 Å². The Morgan fingerprint density at radius 1 is 0.674 bits per heavy atom. The first-order valence-electron chi connectivity index (χ1n) is 14.2. The summed E-state index contributed by atoms with van der Waals surface area (Å²) in [4.78, 5) is 23.2. The first-order chi connectivity index (χ1) is 21.0. The summed E-state index contributed by atoms with van der Waals surface area (Å²) in [6, 6.07) is 36.2. The van der Waals surface area contributed by atoms with Crippen LogP contribution >= 0.6 is 0 Å². The molecule has 0 spiro atoms. The van der Waals surface area contributed by atoms with Gasteiger partial charge in [0.2, 0.25) is 0 Å². The lowest BCUT2D eigenvalue weighted by molar-refractivity contribution is 0.934. The van der Waals surface area contributed by atoms with Crippen LogP contribution in [0.4, 0.5) is 0 Å². The van der Waals surface area contributed by atoms with Gasteiger partial charge >= 0.3 is 0 Å². The average Bonchev–Trinajstić information content (AvgIpc) is 3.03. The van der Waals surface area contributed by atoms with E-state index in [9.17, 15) is 4.79 Å². The molecule has 0 amide bonds. The summed E-state index contributed by atoms with van der Waals surface area (Å²) in [6.07, 6.45) is 5.68. The quantitative estimate of drug-likeness (QED) is 0.207. The molecule has 0 atom stereocenters. The van der Waals surface area contributed by atoms with Crippen molar-refractivity contribution in [1.29, 1.82) is 0 Å². The maximum atomic E-state index is 13.9. The van der Waals surface area contributed by atoms with Gasteiger partial charge < -0.3 is 0 Å². The van der Waals surface area contributed by atoms with E-state index in [2.05, 4.69) is 66.2 Å². The zero-order valence-electron chi connectivity index (χ0n) is 23.9. The third-order valence-electron chi connectivity index (χ3n) is 7.64. The van der Waals surface area contributed by atoms with Crippen LogP contribution in [0.1, 0.15) is 33.6 Å². The van der Waals surface area contributed by atoms with Crippen LogP contribution in [0, 0.1) is 25.7 Å². The number of rotatable bonds is 3. The number of aryl methyl sites for hydroxylation is 2. The number of benzene rings is 5. The second-order valence-electron chi connectivity index (χ2n) is 10.7. The predicted octanol–water partition coefficient (Wildman–Crippen LogP) is 8.27. The van der Waals surface area contributed by atoms with Gasteiger partial charge in [0, 0.05) is 22.7 Å². The van der Waals surface area contributed by atoms with Crippen LogP contribution < -0.4 is 5.56 Å². The largest absolute Gasteiger partial charge is 0.268 e. The topological polar surface area (TPSA) is 47.8 Å². The summed E-state index contributed by atoms with van der Waals surface area (Å²) < 4.78 is 1.69. The Labute approximate surface area is 249 Å². The molecule has 4 nitrogen and oxygen atoms in total. The Morgan fingerprint density at radius 2 is 1.47 bits per heavy atom. The minimum absolute atomic E-state index is 0.110. The lowest BCUT2D eigenvalue weighted by atomic mass is 10.0. The van der Waals surface area contributed by atoms with Crippen molar-refractivity contribution in [3.8, 4) is 17.5 Å². The fourth-order valence-electron chi connectivity index (χ4n) is 5.43. The zero-order valence-corrected chi connectivity index (χ0v) is 23.9. The number of hydrogen-bond donors (Lipinski definition) is 0. The molecule has 4 heteroatoms. The standard InChI is InChI=1S/C39H27N3O/c1-26-9-16-32-24-29(12-17-31(32)22-26)11-10-28-14-19-37(27(2)23-28)42-38(41-36-8-4-3-7-34(36)39(42)43)20-15-30-13-18-35-33(25-30)6-5-21-40-35/h3-9,12-25H,1-2H3/b20-15+. The number of aromatic nitrogens is 3. The number of para-hydroxylation sites is 1. The van der Waals surface area contributed by atoms with Gasteiger partial charge in [0.1, 0.15) is 5.82 Å². The summed E-state index contributed by atoms with van der Waals surface area (Å²) in [5.74, 6) is 7.17. The van der Waals surface area contributed by atoms with Crippen molar-refractivity contribution in [1.82, 2.24) is 14.5 Å². The van der Waals surface area contributed by atoms with Crippen molar-refractivity contribution in [3.05, 3.63) is 159 Å². The lowest BCUT2D eigenvalue weighted by Gasteiger charge is -2.14. The molecule has 0 saturated carbocycles. The highest BCUT2D eigenvalue weighted by Crippen LogP contribution is 2.21. The third-order valence-corrected chi connectivity index (χ3v) is 7.64. The van der Waals surface area contributed by atoms with E-state index in [1.807, 2.05) is 85.8 Å². The Bertz CT molecular complexity index is 2350. The van der Waals surface area contributed by atoms with E-state index in [0.29, 0.717) is 16.7 Å². The second-order valence-corrected chi connectivity index (χ2v) is 10.7. The molecule has 0 aliphatic carbocycles. The zero-order chi connectivity index (χ0) is 29.3. The number of nitrogens with zero attached hydrogens (tertiary/aromatic N) is 3. The van der Waals surface area contributed by atoms with Gasteiger partial charge in [-0.15, -0.1) is 0 Å². The Balaban J connectivity index is 1.28. The summed E-state index contributed by atoms with van der Waals surface area (Å²) >= 11 is 0. The molecule has 0 N–H and O–H groups in total. The van der Waals surface area contributed by atoms with Crippen molar-refractivity contribution in [2.24, 2.45) is 0 Å². The van der Waals surface area contributed by atoms with Crippen LogP contribution in [-0.4, -0.2) is 14.5 Å². The molecular weight excluding hydrogens is 526 g/mol. The number of fused-ring (bicyclic) bond motifs is 3. The molecular formula is C39H27N3O. The van der Waals surface area contributed by atoms with Gasteiger partial charge in [-0.25, -0.2) is 4.98 Å². The van der Waals surface area contributed by atoms with Crippen molar-refractivity contribution < 1.29 is 0 Å². The molecule has 7 rings (SSSR count). The smallest absolute Gasteiger partial charge is 0.266 e. The van der Waals surface area contributed by atoms with Crippen molar-refractivity contribution in [2.75, 3.05) is 0 Å². The van der Waals surface area contributed by atoms with E-state index >= 15 is 0 Å². The maximum absolute atomic E-state index is 13.9. The van der Waals surface area contributed by atoms with Gasteiger partial charge in [0.15, 0.2) is 0 Å². The van der Waals surface area contributed by atoms with Crippen molar-refractivity contribution in [2.45, 2.75) is 13.8 Å². The predicted molar refractivity (Wildman–Crippen MR) is 177 cm³/mol. The van der Waals surface area contributed by atoms with Crippen LogP contribution in [0.3, 0.4) is 0 Å². The van der Waals surface area contributed by atoms with Gasteiger partial charge in [-0.3, -0.25) is 14.3 Å². The van der Waals surface area contributed by atoms with Gasteiger partial charge in [-0.05, 0) is 102 Å². The molecule has 204 valence electrons. The molecule has 43 heavy (non-hydrogen) atoms. The molecule has 2 heterocycles. The van der Waals surface area contributed by atoms with Crippen LogP contribution in [0.15, 0.2) is 120 Å². The first kappa shape index (κ1) is 26.1. The molecule has 2 aromatic heterocycles. The van der Waals surface area contributed by atoms with E-state index in [4.69, 9.17) is 4.98 Å². The minimum atomic E-state index is -0.110. The Morgan fingerprint density at radius 3 is 2.35 bits per heavy atom. The summed E-state index contributed by atoms with van der Waals surface area (Å²) in [5.41, 5.74) is 7.30. The summed E-state index contributed by atoms with van der Waals surface area (Å²) in [7, 11) is 0. The third kappa shape index (κ3) is 5.21. The fraction of sp³-hybridized carbons (Fsp3) is 0.0513. The molecule has 5 aromatic carbocycles. The van der Waals surface area contributed by atoms with E-state index in [1.165, 1.54) is 16.3 Å². The van der Waals surface area contributed by atoms with Crippen LogP contribution in [0.5, 0.6) is 0 Å². The first-order valence-corrected chi connectivity index (χ1v) is 14.2. The SMILES string of the molecule is Cc1ccc2cc(C#Cc3ccc(-n4c(/C=C/c5ccc6ncccc6c5)nc5ccccc5c4=O)c(C)c3)ccc2c1. The minimum Gasteiger partial charge on any atom is -0.268 e. The monoisotopic (exact) mass is 553 g/mol. The number of pyridine rings is 1.